The van der Waals surface area contributed by atoms with Crippen LogP contribution in [0.1, 0.15) is 27.7 Å². The van der Waals surface area contributed by atoms with Gasteiger partial charge in [0, 0.05) is 0 Å². The number of hydrogen-bond donors (Lipinski definition) is 0. The fraction of sp³-hybridized carbons (Fsp3) is 0.500. The summed E-state index contributed by atoms with van der Waals surface area (Å²) in [7, 11) is 0. The Labute approximate surface area is 126 Å². The molecule has 0 bridgehead atoms. The van der Waals surface area contributed by atoms with Gasteiger partial charge in [-0.05, 0) is 48.4 Å². The van der Waals surface area contributed by atoms with E-state index in [1.807, 2.05) is 0 Å². The van der Waals surface area contributed by atoms with E-state index >= 15 is 0 Å². The smallest absolute Gasteiger partial charge is 1.00 e. The van der Waals surface area contributed by atoms with Crippen molar-refractivity contribution in [3.05, 3.63) is 42.4 Å². The molecule has 0 aromatic carbocycles. The van der Waals surface area contributed by atoms with E-state index in [-0.39, 0.29) is 57.5 Å². The van der Waals surface area contributed by atoms with Gasteiger partial charge in [-0.2, -0.15) is 0 Å². The monoisotopic (exact) mass is 339 g/mol. The van der Waals surface area contributed by atoms with Crippen molar-refractivity contribution in [2.75, 3.05) is 0 Å². The molecule has 0 unspecified atom stereocenters. The average molecular weight is 340 g/mol. The van der Waals surface area contributed by atoms with Gasteiger partial charge in [0.2, 0.25) is 0 Å². The Balaban J connectivity index is -0.0000000594. The van der Waals surface area contributed by atoms with Crippen molar-refractivity contribution in [1.82, 2.24) is 0 Å². The Kier molecular flexibility index (Phi) is 30.5. The second-order valence-electron chi connectivity index (χ2n) is 2.71. The van der Waals surface area contributed by atoms with Gasteiger partial charge in [0.25, 0.3) is 0 Å². The first-order valence-corrected chi connectivity index (χ1v) is 4.12. The molecule has 0 saturated carbocycles. The molecule has 0 spiro atoms. The Morgan fingerprint density at radius 1 is 0.579 bits per heavy atom. The van der Waals surface area contributed by atoms with Crippen LogP contribution in [0.5, 0.6) is 0 Å². The average Bonchev–Trinajstić information content (AvgIpc) is 2.35. The zero-order valence-corrected chi connectivity index (χ0v) is 12.4. The van der Waals surface area contributed by atoms with Crippen molar-refractivity contribution in [3.63, 3.8) is 0 Å². The zero-order chi connectivity index (χ0) is 13.1. The minimum absolute atomic E-state index is 0. The number of nitrogens with zero attached hydrogens (tertiary/aromatic N) is 4. The summed E-state index contributed by atoms with van der Waals surface area (Å²) < 4.78 is 0. The maximum atomic E-state index is 9.60. The maximum absolute atomic E-state index is 9.60. The molecule has 19 heavy (non-hydrogen) atoms. The second-order valence-corrected chi connectivity index (χ2v) is 2.71. The fourth-order valence-corrected chi connectivity index (χ4v) is 0.264. The van der Waals surface area contributed by atoms with Crippen molar-refractivity contribution < 1.29 is 34.7 Å². The van der Waals surface area contributed by atoms with Crippen molar-refractivity contribution in [2.45, 2.75) is 27.7 Å². The van der Waals surface area contributed by atoms with Gasteiger partial charge in [0.1, 0.15) is 22.8 Å². The topological polar surface area (TPSA) is 148 Å². The fourth-order valence-electron chi connectivity index (χ4n) is 0.264. The van der Waals surface area contributed by atoms with Crippen LogP contribution in [-0.2, 0) is 16.8 Å². The van der Waals surface area contributed by atoms with Crippen LogP contribution in [0.25, 0.3) is 0 Å². The largest absolute Gasteiger partial charge is 2.00 e. The van der Waals surface area contributed by atoms with Gasteiger partial charge in [0.15, 0.2) is 0 Å². The molecular formula is C8H13ClCoN4O5. The van der Waals surface area contributed by atoms with Crippen molar-refractivity contribution in [2.24, 2.45) is 20.7 Å². The molecule has 9 nitrogen and oxygen atoms in total. The van der Waals surface area contributed by atoms with Crippen LogP contribution in [-0.4, -0.2) is 5.48 Å². The third-order valence-electron chi connectivity index (χ3n) is 1.59. The molecule has 0 rings (SSSR count). The first kappa shape index (κ1) is 30.6. The van der Waals surface area contributed by atoms with E-state index < -0.39 is 0 Å². The molecule has 0 fully saturated rings. The van der Waals surface area contributed by atoms with Crippen LogP contribution in [0.4, 0.5) is 0 Å². The van der Waals surface area contributed by atoms with Crippen molar-refractivity contribution in [3.8, 4) is 0 Å². The summed E-state index contributed by atoms with van der Waals surface area (Å²) in [5, 5.41) is 9.98. The zero-order valence-electron chi connectivity index (χ0n) is 10.6. The summed E-state index contributed by atoms with van der Waals surface area (Å²) in [6, 6.07) is 0. The van der Waals surface area contributed by atoms with E-state index in [1.165, 1.54) is 27.7 Å². The molecule has 0 aliphatic carbocycles. The Hall–Kier alpha value is -1.36. The Morgan fingerprint density at radius 2 is 0.684 bits per heavy atom. The Bertz CT molecular complexity index is 293. The second kappa shape index (κ2) is 19.0. The van der Waals surface area contributed by atoms with Crippen LogP contribution in [0, 0.1) is 19.6 Å². The Morgan fingerprint density at radius 3 is 0.737 bits per heavy atom. The van der Waals surface area contributed by atoms with Gasteiger partial charge >= 0.3 is 16.8 Å². The summed E-state index contributed by atoms with van der Waals surface area (Å²) >= 11 is 0. The molecule has 0 aliphatic heterocycles. The molecule has 111 valence electrons. The first-order valence-electron chi connectivity index (χ1n) is 4.12. The standard InChI is InChI=1S/2C4H6N2O2.ClH.Co.H2O/c2*1-3(5-7)4(2)6-8;;;/h2*1-2H3;1H;;1H2/q;;;+2;/p-2. The predicted octanol–water partition coefficient (Wildman–Crippen LogP) is 0.366. The molecule has 0 amide bonds. The summed E-state index contributed by atoms with van der Waals surface area (Å²) in [6.45, 7) is 5.74. The van der Waals surface area contributed by atoms with Crippen LogP contribution in [0.3, 0.4) is 0 Å². The van der Waals surface area contributed by atoms with Crippen LogP contribution < -0.4 is 12.4 Å². The molecular weight excluding hydrogens is 326 g/mol. The number of nitroso groups, excluding NO2 is 4. The van der Waals surface area contributed by atoms with Gasteiger partial charge in [-0.15, -0.1) is 19.6 Å². The van der Waals surface area contributed by atoms with Gasteiger partial charge < -0.3 is 17.9 Å². The minimum atomic E-state index is 0. The van der Waals surface area contributed by atoms with Crippen LogP contribution >= 0.6 is 0 Å². The van der Waals surface area contributed by atoms with Crippen LogP contribution in [0.15, 0.2) is 43.5 Å². The third-order valence-corrected chi connectivity index (χ3v) is 1.59. The van der Waals surface area contributed by atoms with E-state index in [0.29, 0.717) is 0 Å². The predicted molar refractivity (Wildman–Crippen MR) is 61.9 cm³/mol. The summed E-state index contributed by atoms with van der Waals surface area (Å²) in [4.78, 5) is 38.4. The van der Waals surface area contributed by atoms with E-state index in [4.69, 9.17) is 0 Å². The molecule has 1 N–H and O–H groups in total. The van der Waals surface area contributed by atoms with Gasteiger partial charge in [-0.25, -0.2) is 0 Å². The summed E-state index contributed by atoms with van der Waals surface area (Å²) in [6.07, 6.45) is 0. The van der Waals surface area contributed by atoms with E-state index in [2.05, 4.69) is 20.7 Å². The normalized spacial score (nSPS) is 10.3. The molecule has 11 heteroatoms. The van der Waals surface area contributed by atoms with E-state index in [9.17, 15) is 19.6 Å². The molecule has 0 heterocycles. The summed E-state index contributed by atoms with van der Waals surface area (Å²) in [5.41, 5.74) is 0.556. The van der Waals surface area contributed by atoms with Gasteiger partial charge in [-0.1, -0.05) is 0 Å². The number of rotatable bonds is 4. The SMILES string of the molecule is CC(N=O)=C(C)N=O.CC(N=O)=C(C)N=O.[Cl-].[Co+2].[OH-]. The molecule has 0 aromatic rings. The quantitative estimate of drug-likeness (QED) is 0.678. The van der Waals surface area contributed by atoms with Gasteiger partial charge in [0.05, 0.1) is 0 Å². The van der Waals surface area contributed by atoms with Crippen LogP contribution in [0.2, 0.25) is 0 Å². The van der Waals surface area contributed by atoms with E-state index in [0.717, 1.165) is 0 Å². The molecule has 0 aliphatic rings. The molecule has 0 atom stereocenters. The third kappa shape index (κ3) is 16.6. The number of allylic oxidation sites excluding steroid dienone is 4. The summed E-state index contributed by atoms with van der Waals surface area (Å²) in [5.74, 6) is 0. The molecule has 0 aromatic heterocycles. The maximum Gasteiger partial charge on any atom is 2.00 e. The molecule has 0 saturated heterocycles. The van der Waals surface area contributed by atoms with E-state index in [1.54, 1.807) is 0 Å². The minimum Gasteiger partial charge on any atom is -1.00 e. The first-order chi connectivity index (χ1) is 7.44. The van der Waals surface area contributed by atoms with Crippen molar-refractivity contribution in [1.29, 1.82) is 0 Å². The van der Waals surface area contributed by atoms with Gasteiger partial charge in [-0.3, -0.25) is 0 Å². The van der Waals surface area contributed by atoms with Crippen molar-refractivity contribution >= 4 is 0 Å². The molecule has 1 radical (unpaired) electrons. The number of halogens is 1. The number of hydrogen-bond acceptors (Lipinski definition) is 9.